The molecule has 2 aromatic carbocycles. The Balaban J connectivity index is 1.40. The number of amides is 1. The van der Waals surface area contributed by atoms with E-state index in [4.69, 9.17) is 16.3 Å². The van der Waals surface area contributed by atoms with E-state index >= 15 is 0 Å². The van der Waals surface area contributed by atoms with Crippen LogP contribution in [-0.4, -0.2) is 27.7 Å². The third-order valence-corrected chi connectivity index (χ3v) is 5.93. The van der Waals surface area contributed by atoms with Crippen molar-refractivity contribution in [2.45, 2.75) is 9.24 Å². The number of rotatable bonds is 6. The summed E-state index contributed by atoms with van der Waals surface area (Å²) in [6.07, 6.45) is 1.74. The predicted molar refractivity (Wildman–Crippen MR) is 109 cm³/mol. The summed E-state index contributed by atoms with van der Waals surface area (Å²) in [5, 5.41) is 11.9. The van der Waals surface area contributed by atoms with Crippen molar-refractivity contribution in [1.29, 1.82) is 0 Å². The number of halogens is 1. The zero-order valence-corrected chi connectivity index (χ0v) is 16.8. The number of quaternary nitrogens is 1. The van der Waals surface area contributed by atoms with E-state index < -0.39 is 0 Å². The monoisotopic (exact) mass is 429 g/mol. The van der Waals surface area contributed by atoms with Crippen molar-refractivity contribution in [2.75, 3.05) is 6.61 Å². The third kappa shape index (κ3) is 4.66. The van der Waals surface area contributed by atoms with Crippen LogP contribution < -0.4 is 10.1 Å². The summed E-state index contributed by atoms with van der Waals surface area (Å²) in [7, 11) is 0. The standard InChI is InChI=1S/C19H13ClN4O2S2/c20-12-6-7-14-15(10-12)21-9-8-16(14)27-19-24-23-18(28-19)22-17(25)11-26-13-4-2-1-3-5-13/h1-10H,11H2,(H,22,23,25)/p+1. The quantitative estimate of drug-likeness (QED) is 0.471. The van der Waals surface area contributed by atoms with Gasteiger partial charge in [-0.3, -0.25) is 4.98 Å². The molecule has 9 heteroatoms. The molecule has 0 aliphatic carbocycles. The number of primary amides is 1. The van der Waals surface area contributed by atoms with Crippen molar-refractivity contribution in [2.24, 2.45) is 0 Å². The highest BCUT2D eigenvalue weighted by Crippen LogP contribution is 2.35. The molecule has 28 heavy (non-hydrogen) atoms. The fourth-order valence-electron chi connectivity index (χ4n) is 2.45. The molecule has 0 bridgehead atoms. The molecule has 0 unspecified atom stereocenters. The van der Waals surface area contributed by atoms with Crippen LogP contribution in [0.25, 0.3) is 10.9 Å². The Morgan fingerprint density at radius 3 is 2.86 bits per heavy atom. The van der Waals surface area contributed by atoms with Gasteiger partial charge in [-0.1, -0.05) is 52.7 Å². The van der Waals surface area contributed by atoms with Crippen molar-refractivity contribution < 1.29 is 14.8 Å². The minimum atomic E-state index is -0.166. The number of para-hydroxylation sites is 1. The van der Waals surface area contributed by atoms with E-state index in [1.807, 2.05) is 42.5 Å². The van der Waals surface area contributed by atoms with E-state index in [1.54, 1.807) is 18.3 Å². The van der Waals surface area contributed by atoms with Crippen LogP contribution in [-0.2, 0) is 4.79 Å². The number of aromatic nitrogens is 3. The molecule has 0 aliphatic rings. The van der Waals surface area contributed by atoms with Gasteiger partial charge in [0, 0.05) is 21.5 Å². The Morgan fingerprint density at radius 2 is 2.00 bits per heavy atom. The zero-order chi connectivity index (χ0) is 19.3. The molecule has 0 aliphatic heterocycles. The first-order chi connectivity index (χ1) is 13.7. The SMILES string of the molecule is O=C(COc1ccccc1)[NH2+]c1nnc(Sc2ccnc3cc(Cl)ccc23)s1. The van der Waals surface area contributed by atoms with Crippen molar-refractivity contribution in [3.8, 4) is 5.75 Å². The largest absolute Gasteiger partial charge is 0.479 e. The lowest BCUT2D eigenvalue weighted by Crippen LogP contribution is -2.83. The number of nitrogens with two attached hydrogens (primary N) is 1. The molecule has 2 heterocycles. The average Bonchev–Trinajstić information content (AvgIpc) is 3.14. The Labute approximate surface area is 173 Å². The summed E-state index contributed by atoms with van der Waals surface area (Å²) in [5.74, 6) is 0.489. The molecule has 1 amide bonds. The summed E-state index contributed by atoms with van der Waals surface area (Å²) >= 11 is 8.87. The van der Waals surface area contributed by atoms with Crippen molar-refractivity contribution in [3.63, 3.8) is 0 Å². The van der Waals surface area contributed by atoms with E-state index in [0.717, 1.165) is 20.1 Å². The van der Waals surface area contributed by atoms with Gasteiger partial charge in [0.25, 0.3) is 0 Å². The summed E-state index contributed by atoms with van der Waals surface area (Å²) in [6.45, 7) is -0.0399. The molecule has 4 rings (SSSR count). The van der Waals surface area contributed by atoms with E-state index in [9.17, 15) is 4.79 Å². The second-order valence-corrected chi connectivity index (χ2v) is 8.43. The molecule has 0 spiro atoms. The van der Waals surface area contributed by atoms with Crippen molar-refractivity contribution in [1.82, 2.24) is 15.2 Å². The summed E-state index contributed by atoms with van der Waals surface area (Å²) < 4.78 is 6.19. The lowest BCUT2D eigenvalue weighted by Gasteiger charge is -2.03. The van der Waals surface area contributed by atoms with Gasteiger partial charge < -0.3 is 4.74 Å². The van der Waals surface area contributed by atoms with Crippen molar-refractivity contribution >= 4 is 56.6 Å². The Morgan fingerprint density at radius 1 is 1.14 bits per heavy atom. The lowest BCUT2D eigenvalue weighted by molar-refractivity contribution is -0.484. The van der Waals surface area contributed by atoms with Crippen LogP contribution in [0.1, 0.15) is 0 Å². The Hall–Kier alpha value is -2.52. The first-order valence-corrected chi connectivity index (χ1v) is 10.3. The van der Waals surface area contributed by atoms with E-state index in [-0.39, 0.29) is 12.5 Å². The predicted octanol–water partition coefficient (Wildman–Crippen LogP) is 3.69. The molecular formula is C19H14ClN4O2S2+. The van der Waals surface area contributed by atoms with Crippen LogP contribution in [0.3, 0.4) is 0 Å². The van der Waals surface area contributed by atoms with Crippen LogP contribution in [0, 0.1) is 0 Å². The number of carbonyl (C=O) groups is 1. The molecule has 2 N–H and O–H groups in total. The van der Waals surface area contributed by atoms with Gasteiger partial charge in [-0.15, -0.1) is 5.10 Å². The molecule has 0 atom stereocenters. The summed E-state index contributed by atoms with van der Waals surface area (Å²) in [6, 6.07) is 16.7. The number of nitrogens with zero attached hydrogens (tertiary/aromatic N) is 3. The highest BCUT2D eigenvalue weighted by molar-refractivity contribution is 8.01. The fourth-order valence-corrected chi connectivity index (χ4v) is 4.52. The highest BCUT2D eigenvalue weighted by atomic mass is 35.5. The maximum absolute atomic E-state index is 12.1. The number of hydrogen-bond donors (Lipinski definition) is 1. The van der Waals surface area contributed by atoms with Gasteiger partial charge in [-0.2, -0.15) is 0 Å². The van der Waals surface area contributed by atoms with Crippen LogP contribution >= 0.6 is 34.7 Å². The third-order valence-electron chi connectivity index (χ3n) is 3.69. The van der Waals surface area contributed by atoms with Crippen LogP contribution in [0.2, 0.25) is 5.02 Å². The minimum Gasteiger partial charge on any atom is -0.479 e. The molecule has 0 radical (unpaired) electrons. The number of ether oxygens (including phenoxy) is 1. The van der Waals surface area contributed by atoms with Gasteiger partial charge in [0.2, 0.25) is 6.61 Å². The van der Waals surface area contributed by atoms with E-state index in [2.05, 4.69) is 15.2 Å². The van der Waals surface area contributed by atoms with Crippen LogP contribution in [0.15, 0.2) is 70.0 Å². The number of carbonyl (C=O) groups excluding carboxylic acids is 1. The van der Waals surface area contributed by atoms with Gasteiger partial charge in [0.1, 0.15) is 5.75 Å². The first kappa shape index (κ1) is 18.8. The maximum Gasteiger partial charge on any atom is 0.355 e. The van der Waals surface area contributed by atoms with Gasteiger partial charge >= 0.3 is 11.0 Å². The smallest absolute Gasteiger partial charge is 0.355 e. The number of pyridine rings is 1. The van der Waals surface area contributed by atoms with Crippen molar-refractivity contribution in [3.05, 3.63) is 65.8 Å². The first-order valence-electron chi connectivity index (χ1n) is 8.28. The summed E-state index contributed by atoms with van der Waals surface area (Å²) in [5.41, 5.74) is 0.821. The molecule has 4 aromatic rings. The van der Waals surface area contributed by atoms with Gasteiger partial charge in [-0.25, -0.2) is 10.1 Å². The van der Waals surface area contributed by atoms with Gasteiger partial charge in [0.15, 0.2) is 4.34 Å². The van der Waals surface area contributed by atoms with Gasteiger partial charge in [0.05, 0.1) is 5.52 Å². The average molecular weight is 430 g/mol. The molecule has 0 saturated heterocycles. The molecule has 0 saturated carbocycles. The Bertz CT molecular complexity index is 1120. The van der Waals surface area contributed by atoms with Crippen LogP contribution in [0.5, 0.6) is 5.75 Å². The Kier molecular flexibility index (Phi) is 5.82. The normalized spacial score (nSPS) is 10.9. The minimum absolute atomic E-state index is 0.0399. The van der Waals surface area contributed by atoms with Gasteiger partial charge in [-0.05, 0) is 41.7 Å². The number of fused-ring (bicyclic) bond motifs is 1. The van der Waals surface area contributed by atoms with E-state index in [1.165, 1.54) is 28.4 Å². The number of benzene rings is 2. The molecule has 6 nitrogen and oxygen atoms in total. The van der Waals surface area contributed by atoms with Crippen LogP contribution in [0.4, 0.5) is 5.13 Å². The number of hydrogen-bond acceptors (Lipinski definition) is 7. The molecule has 0 fully saturated rings. The maximum atomic E-state index is 12.1. The second kappa shape index (κ2) is 8.66. The molecule has 2 aromatic heterocycles. The zero-order valence-electron chi connectivity index (χ0n) is 14.4. The van der Waals surface area contributed by atoms with E-state index in [0.29, 0.717) is 15.9 Å². The topological polar surface area (TPSA) is 81.6 Å². The molecular weight excluding hydrogens is 416 g/mol. The summed E-state index contributed by atoms with van der Waals surface area (Å²) in [4.78, 5) is 17.4. The lowest BCUT2D eigenvalue weighted by atomic mass is 10.2. The highest BCUT2D eigenvalue weighted by Gasteiger charge is 2.16. The fraction of sp³-hybridized carbons (Fsp3) is 0.0526. The second-order valence-electron chi connectivity index (χ2n) is 5.69. The molecule has 140 valence electrons.